The zero-order valence-electron chi connectivity index (χ0n) is 8.36. The Balaban J connectivity index is 2.87. The van der Waals surface area contributed by atoms with Crippen molar-refractivity contribution in [2.24, 2.45) is 0 Å². The first-order valence-electron chi connectivity index (χ1n) is 4.60. The number of nitro groups is 1. The highest BCUT2D eigenvalue weighted by molar-refractivity contribution is 5.36. The lowest BCUT2D eigenvalue weighted by atomic mass is 10.4. The molecule has 0 spiro atoms. The van der Waals surface area contributed by atoms with Gasteiger partial charge in [0.15, 0.2) is 6.20 Å². The summed E-state index contributed by atoms with van der Waals surface area (Å²) in [5.41, 5.74) is 0.0842. The second-order valence-corrected chi connectivity index (χ2v) is 2.86. The molecule has 76 valence electrons. The van der Waals surface area contributed by atoms with E-state index < -0.39 is 4.92 Å². The van der Waals surface area contributed by atoms with Crippen molar-refractivity contribution >= 4 is 11.5 Å². The predicted octanol–water partition coefficient (Wildman–Crippen LogP) is 1.26. The van der Waals surface area contributed by atoms with Crippen LogP contribution in [0, 0.1) is 10.1 Å². The summed E-state index contributed by atoms with van der Waals surface area (Å²) >= 11 is 0. The van der Waals surface area contributed by atoms with Gasteiger partial charge in [0.05, 0.1) is 18.0 Å². The van der Waals surface area contributed by atoms with Crippen LogP contribution in [0.4, 0.5) is 11.5 Å². The number of H-pyrrole nitrogens is 1. The highest BCUT2D eigenvalue weighted by Crippen LogP contribution is 2.11. The Morgan fingerprint density at radius 2 is 2.07 bits per heavy atom. The molecule has 0 aliphatic carbocycles. The fourth-order valence-electron chi connectivity index (χ4n) is 1.28. The number of aromatic nitrogens is 1. The van der Waals surface area contributed by atoms with Crippen LogP contribution < -0.4 is 9.88 Å². The standard InChI is InChI=1S/C9H13N3O2/c1-3-11(4-2)9-6-5-8(7-10-9)12(13)14/h5-7H,3-4H2,1-2H3/p+1. The van der Waals surface area contributed by atoms with Gasteiger partial charge in [-0.05, 0) is 13.8 Å². The number of nitrogens with one attached hydrogen (secondary N) is 1. The minimum absolute atomic E-state index is 0.0842. The molecule has 14 heavy (non-hydrogen) atoms. The first-order chi connectivity index (χ1) is 6.69. The van der Waals surface area contributed by atoms with Crippen molar-refractivity contribution in [3.63, 3.8) is 0 Å². The molecule has 0 saturated heterocycles. The summed E-state index contributed by atoms with van der Waals surface area (Å²) in [6.07, 6.45) is 1.41. The maximum atomic E-state index is 10.4. The number of nitrogens with zero attached hydrogens (tertiary/aromatic N) is 2. The summed E-state index contributed by atoms with van der Waals surface area (Å²) in [6, 6.07) is 3.23. The van der Waals surface area contributed by atoms with Gasteiger partial charge < -0.3 is 0 Å². The molecule has 0 aliphatic rings. The van der Waals surface area contributed by atoms with Gasteiger partial charge in [0.25, 0.3) is 5.82 Å². The molecule has 0 radical (unpaired) electrons. The summed E-state index contributed by atoms with van der Waals surface area (Å²) in [5, 5.41) is 10.4. The van der Waals surface area contributed by atoms with Crippen LogP contribution in [0.1, 0.15) is 13.8 Å². The van der Waals surface area contributed by atoms with E-state index in [0.29, 0.717) is 0 Å². The van der Waals surface area contributed by atoms with Gasteiger partial charge in [-0.1, -0.05) is 0 Å². The Kier molecular flexibility index (Phi) is 3.39. The minimum Gasteiger partial charge on any atom is -0.262 e. The zero-order valence-corrected chi connectivity index (χ0v) is 8.36. The predicted molar refractivity (Wildman–Crippen MR) is 53.2 cm³/mol. The van der Waals surface area contributed by atoms with Crippen molar-refractivity contribution in [2.45, 2.75) is 13.8 Å². The lowest BCUT2D eigenvalue weighted by Gasteiger charge is -2.10. The maximum absolute atomic E-state index is 10.4. The average Bonchev–Trinajstić information content (AvgIpc) is 2.20. The summed E-state index contributed by atoms with van der Waals surface area (Å²) in [6.45, 7) is 5.84. The molecule has 5 heteroatoms. The second kappa shape index (κ2) is 4.55. The van der Waals surface area contributed by atoms with Crippen LogP contribution in [-0.2, 0) is 0 Å². The van der Waals surface area contributed by atoms with Crippen molar-refractivity contribution in [3.8, 4) is 0 Å². The van der Waals surface area contributed by atoms with Crippen LogP contribution in [-0.4, -0.2) is 18.0 Å². The smallest absolute Gasteiger partial charge is 0.262 e. The molecule has 5 nitrogen and oxygen atoms in total. The van der Waals surface area contributed by atoms with E-state index >= 15 is 0 Å². The minimum atomic E-state index is -0.414. The van der Waals surface area contributed by atoms with E-state index in [9.17, 15) is 10.1 Å². The molecule has 1 rings (SSSR count). The Morgan fingerprint density at radius 1 is 1.43 bits per heavy atom. The monoisotopic (exact) mass is 196 g/mol. The molecule has 0 unspecified atom stereocenters. The molecular formula is C9H14N3O2+. The summed E-state index contributed by atoms with van der Waals surface area (Å²) in [5.74, 6) is 0.903. The molecule has 0 saturated carbocycles. The highest BCUT2D eigenvalue weighted by atomic mass is 16.6. The molecule has 1 aromatic heterocycles. The molecule has 0 aliphatic heterocycles. The van der Waals surface area contributed by atoms with Crippen molar-refractivity contribution in [2.75, 3.05) is 18.0 Å². The van der Waals surface area contributed by atoms with Gasteiger partial charge in [-0.2, -0.15) is 0 Å². The Hall–Kier alpha value is -1.65. The van der Waals surface area contributed by atoms with Gasteiger partial charge in [-0.3, -0.25) is 15.0 Å². The first-order valence-corrected chi connectivity index (χ1v) is 4.60. The number of pyridine rings is 1. The molecule has 1 N–H and O–H groups in total. The van der Waals surface area contributed by atoms with E-state index in [1.807, 2.05) is 13.8 Å². The number of aromatic amines is 1. The second-order valence-electron chi connectivity index (χ2n) is 2.86. The summed E-state index contributed by atoms with van der Waals surface area (Å²) in [4.78, 5) is 15.0. The van der Waals surface area contributed by atoms with Crippen LogP contribution in [0.25, 0.3) is 0 Å². The quantitative estimate of drug-likeness (QED) is 0.538. The molecule has 0 fully saturated rings. The van der Waals surface area contributed by atoms with Crippen molar-refractivity contribution < 1.29 is 9.91 Å². The summed E-state index contributed by atoms with van der Waals surface area (Å²) in [7, 11) is 0. The average molecular weight is 196 g/mol. The van der Waals surface area contributed by atoms with Crippen molar-refractivity contribution in [1.82, 2.24) is 0 Å². The zero-order chi connectivity index (χ0) is 10.6. The van der Waals surface area contributed by atoms with E-state index in [4.69, 9.17) is 0 Å². The van der Waals surface area contributed by atoms with Gasteiger partial charge in [-0.15, -0.1) is 0 Å². The van der Waals surface area contributed by atoms with Crippen LogP contribution in [0.2, 0.25) is 0 Å². The Bertz CT molecular complexity index is 306. The third-order valence-electron chi connectivity index (χ3n) is 2.09. The van der Waals surface area contributed by atoms with Crippen LogP contribution >= 0.6 is 0 Å². The lowest BCUT2D eigenvalue weighted by molar-refractivity contribution is -0.414. The fraction of sp³-hybridized carbons (Fsp3) is 0.444. The van der Waals surface area contributed by atoms with Crippen LogP contribution in [0.15, 0.2) is 18.3 Å². The van der Waals surface area contributed by atoms with Crippen LogP contribution in [0.5, 0.6) is 0 Å². The van der Waals surface area contributed by atoms with Crippen LogP contribution in [0.3, 0.4) is 0 Å². The fourth-order valence-corrected chi connectivity index (χ4v) is 1.28. The SMILES string of the molecule is CCN(CC)c1ccc([N+](=O)[O-])c[nH+]1. The molecule has 0 amide bonds. The highest BCUT2D eigenvalue weighted by Gasteiger charge is 2.13. The largest absolute Gasteiger partial charge is 0.308 e. The maximum Gasteiger partial charge on any atom is 0.308 e. The number of hydrogen-bond acceptors (Lipinski definition) is 3. The lowest BCUT2D eigenvalue weighted by Crippen LogP contribution is -2.28. The van der Waals surface area contributed by atoms with E-state index in [0.717, 1.165) is 18.9 Å². The van der Waals surface area contributed by atoms with Gasteiger partial charge in [-0.25, -0.2) is 4.98 Å². The van der Waals surface area contributed by atoms with Crippen molar-refractivity contribution in [1.29, 1.82) is 0 Å². The molecular weight excluding hydrogens is 182 g/mol. The van der Waals surface area contributed by atoms with E-state index in [-0.39, 0.29) is 5.69 Å². The van der Waals surface area contributed by atoms with Gasteiger partial charge in [0.2, 0.25) is 0 Å². The third-order valence-corrected chi connectivity index (χ3v) is 2.09. The topological polar surface area (TPSA) is 60.5 Å². The molecule has 1 aromatic rings. The number of hydrogen-bond donors (Lipinski definition) is 0. The van der Waals surface area contributed by atoms with E-state index in [1.54, 1.807) is 6.07 Å². The van der Waals surface area contributed by atoms with Gasteiger partial charge >= 0.3 is 5.69 Å². The van der Waals surface area contributed by atoms with Gasteiger partial charge in [0.1, 0.15) is 0 Å². The molecule has 1 heterocycles. The van der Waals surface area contributed by atoms with E-state index in [2.05, 4.69) is 9.88 Å². The van der Waals surface area contributed by atoms with Crippen molar-refractivity contribution in [3.05, 3.63) is 28.4 Å². The molecule has 0 aromatic carbocycles. The molecule has 0 bridgehead atoms. The van der Waals surface area contributed by atoms with Gasteiger partial charge in [0, 0.05) is 12.1 Å². The third kappa shape index (κ3) is 2.18. The first kappa shape index (κ1) is 10.4. The summed E-state index contributed by atoms with van der Waals surface area (Å²) < 4.78 is 0. The Morgan fingerprint density at radius 3 is 2.43 bits per heavy atom. The number of rotatable bonds is 4. The normalized spacial score (nSPS) is 9.86. The van der Waals surface area contributed by atoms with E-state index in [1.165, 1.54) is 12.3 Å². The molecule has 0 atom stereocenters. The Labute approximate surface area is 82.5 Å². The number of anilines is 1.